The van der Waals surface area contributed by atoms with E-state index >= 15 is 0 Å². The quantitative estimate of drug-likeness (QED) is 0.671. The van der Waals surface area contributed by atoms with Crippen LogP contribution in [0.15, 0.2) is 29.3 Å². The molecule has 0 aliphatic heterocycles. The zero-order valence-electron chi connectivity index (χ0n) is 16.1. The predicted octanol–water partition coefficient (Wildman–Crippen LogP) is 4.74. The minimum Gasteiger partial charge on any atom is -0.324 e. The average molecular weight is 416 g/mol. The molecule has 0 saturated carbocycles. The predicted molar refractivity (Wildman–Crippen MR) is 115 cm³/mol. The highest BCUT2D eigenvalue weighted by atomic mass is 35.5. The Balaban J connectivity index is 1.68. The Morgan fingerprint density at radius 3 is 3.00 bits per heavy atom. The Morgan fingerprint density at radius 1 is 1.43 bits per heavy atom. The molecule has 1 aliphatic rings. The standard InChI is InChI=1S/C21H22ClN3O2S/c1-11-7-8-14-17(9-11)28-20-18(14)21(27)25(10-23-20)13(3)19(26)24-16-6-4-5-15(22)12(16)2/h4-6,10-11,13H,7-9H2,1-3H3,(H,24,26)/t11-,13+/m1/s1. The van der Waals surface area contributed by atoms with Gasteiger partial charge >= 0.3 is 0 Å². The van der Waals surface area contributed by atoms with E-state index in [0.29, 0.717) is 22.0 Å². The Labute approximate surface area is 172 Å². The van der Waals surface area contributed by atoms with Crippen molar-refractivity contribution in [3.05, 3.63) is 55.9 Å². The first-order valence-electron chi connectivity index (χ1n) is 9.44. The summed E-state index contributed by atoms with van der Waals surface area (Å²) in [5.74, 6) is 0.361. The highest BCUT2D eigenvalue weighted by Crippen LogP contribution is 2.35. The van der Waals surface area contributed by atoms with Gasteiger partial charge in [0, 0.05) is 15.6 Å². The van der Waals surface area contributed by atoms with Crippen LogP contribution in [-0.2, 0) is 17.6 Å². The summed E-state index contributed by atoms with van der Waals surface area (Å²) < 4.78 is 1.43. The van der Waals surface area contributed by atoms with Gasteiger partial charge in [-0.15, -0.1) is 11.3 Å². The fourth-order valence-electron chi connectivity index (χ4n) is 3.73. The number of aryl methyl sites for hydroxylation is 1. The Hall–Kier alpha value is -2.18. The highest BCUT2D eigenvalue weighted by Gasteiger charge is 2.25. The minimum atomic E-state index is -0.680. The van der Waals surface area contributed by atoms with Gasteiger partial charge in [-0.1, -0.05) is 24.6 Å². The molecule has 0 saturated heterocycles. The van der Waals surface area contributed by atoms with Crippen molar-refractivity contribution >= 4 is 44.7 Å². The second-order valence-corrected chi connectivity index (χ2v) is 9.06. The van der Waals surface area contributed by atoms with Crippen LogP contribution >= 0.6 is 22.9 Å². The van der Waals surface area contributed by atoms with Gasteiger partial charge in [0.2, 0.25) is 5.91 Å². The molecular weight excluding hydrogens is 394 g/mol. The first-order chi connectivity index (χ1) is 13.4. The van der Waals surface area contributed by atoms with Crippen molar-refractivity contribution in [2.45, 2.75) is 46.1 Å². The van der Waals surface area contributed by atoms with Gasteiger partial charge in [-0.2, -0.15) is 0 Å². The summed E-state index contributed by atoms with van der Waals surface area (Å²) in [6.45, 7) is 5.80. The lowest BCUT2D eigenvalue weighted by Gasteiger charge is -2.18. The van der Waals surface area contributed by atoms with Crippen molar-refractivity contribution in [1.82, 2.24) is 9.55 Å². The third kappa shape index (κ3) is 3.25. The van der Waals surface area contributed by atoms with Crippen LogP contribution in [0.3, 0.4) is 0 Å². The van der Waals surface area contributed by atoms with Gasteiger partial charge < -0.3 is 5.32 Å². The number of nitrogens with one attached hydrogen (secondary N) is 1. The van der Waals surface area contributed by atoms with Gasteiger partial charge in [0.25, 0.3) is 5.56 Å². The Kier molecular flexibility index (Phi) is 5.02. The molecule has 28 heavy (non-hydrogen) atoms. The number of anilines is 1. The third-order valence-corrected chi connectivity index (χ3v) is 7.13. The van der Waals surface area contributed by atoms with E-state index in [2.05, 4.69) is 17.2 Å². The van der Waals surface area contributed by atoms with Crippen molar-refractivity contribution in [3.8, 4) is 0 Å². The van der Waals surface area contributed by atoms with Crippen molar-refractivity contribution in [1.29, 1.82) is 0 Å². The van der Waals surface area contributed by atoms with Crippen LogP contribution in [0, 0.1) is 12.8 Å². The van der Waals surface area contributed by atoms with E-state index in [1.165, 1.54) is 15.8 Å². The van der Waals surface area contributed by atoms with E-state index < -0.39 is 6.04 Å². The highest BCUT2D eigenvalue weighted by molar-refractivity contribution is 7.18. The molecule has 2 aromatic heterocycles. The second kappa shape index (κ2) is 7.33. The summed E-state index contributed by atoms with van der Waals surface area (Å²) in [5, 5.41) is 4.15. The maximum Gasteiger partial charge on any atom is 0.263 e. The van der Waals surface area contributed by atoms with E-state index in [4.69, 9.17) is 11.6 Å². The molecule has 0 bridgehead atoms. The second-order valence-electron chi connectivity index (χ2n) is 7.57. The summed E-state index contributed by atoms with van der Waals surface area (Å²) in [7, 11) is 0. The molecule has 0 spiro atoms. The van der Waals surface area contributed by atoms with Crippen LogP contribution < -0.4 is 10.9 Å². The zero-order chi connectivity index (χ0) is 20.0. The summed E-state index contributed by atoms with van der Waals surface area (Å²) in [5.41, 5.74) is 2.44. The third-order valence-electron chi connectivity index (χ3n) is 5.56. The Morgan fingerprint density at radius 2 is 2.21 bits per heavy atom. The maximum atomic E-state index is 13.2. The topological polar surface area (TPSA) is 64.0 Å². The van der Waals surface area contributed by atoms with E-state index in [0.717, 1.165) is 35.2 Å². The number of benzene rings is 1. The van der Waals surface area contributed by atoms with Gasteiger partial charge in [-0.05, 0) is 62.3 Å². The molecule has 4 rings (SSSR count). The molecule has 1 amide bonds. The molecular formula is C21H22ClN3O2S. The molecule has 2 heterocycles. The lowest BCUT2D eigenvalue weighted by molar-refractivity contribution is -0.118. The number of amides is 1. The van der Waals surface area contributed by atoms with E-state index in [1.807, 2.05) is 6.92 Å². The van der Waals surface area contributed by atoms with Crippen LogP contribution in [0.25, 0.3) is 10.2 Å². The van der Waals surface area contributed by atoms with Crippen molar-refractivity contribution in [2.75, 3.05) is 5.32 Å². The summed E-state index contributed by atoms with van der Waals surface area (Å²) >= 11 is 7.75. The number of hydrogen-bond acceptors (Lipinski definition) is 4. The van der Waals surface area contributed by atoms with Crippen LogP contribution in [-0.4, -0.2) is 15.5 Å². The van der Waals surface area contributed by atoms with E-state index in [-0.39, 0.29) is 11.5 Å². The molecule has 5 nitrogen and oxygen atoms in total. The monoisotopic (exact) mass is 415 g/mol. The fourth-order valence-corrected chi connectivity index (χ4v) is 5.24. The number of carbonyl (C=O) groups is 1. The molecule has 0 fully saturated rings. The van der Waals surface area contributed by atoms with Gasteiger partial charge in [-0.3, -0.25) is 14.2 Å². The average Bonchev–Trinajstić information content (AvgIpc) is 3.03. The first kappa shape index (κ1) is 19.2. The van der Waals surface area contributed by atoms with Crippen LogP contribution in [0.5, 0.6) is 0 Å². The molecule has 1 aromatic carbocycles. The molecule has 2 atom stereocenters. The van der Waals surface area contributed by atoms with Gasteiger partial charge in [-0.25, -0.2) is 4.98 Å². The SMILES string of the molecule is Cc1c(Cl)cccc1NC(=O)[C@H](C)n1cnc2sc3c(c2c1=O)CC[C@@H](C)C3. The zero-order valence-corrected chi connectivity index (χ0v) is 17.7. The van der Waals surface area contributed by atoms with Crippen molar-refractivity contribution in [2.24, 2.45) is 5.92 Å². The Bertz CT molecular complexity index is 1130. The minimum absolute atomic E-state index is 0.137. The molecule has 1 aliphatic carbocycles. The number of thiophene rings is 1. The van der Waals surface area contributed by atoms with Gasteiger partial charge in [0.1, 0.15) is 10.9 Å². The molecule has 0 unspecified atom stereocenters. The maximum absolute atomic E-state index is 13.2. The number of halogens is 1. The molecule has 0 radical (unpaired) electrons. The van der Waals surface area contributed by atoms with Crippen molar-refractivity contribution in [3.63, 3.8) is 0 Å². The summed E-state index contributed by atoms with van der Waals surface area (Å²) in [6, 6.07) is 4.68. The van der Waals surface area contributed by atoms with Gasteiger partial charge in [0.05, 0.1) is 11.7 Å². The smallest absolute Gasteiger partial charge is 0.263 e. The van der Waals surface area contributed by atoms with Crippen molar-refractivity contribution < 1.29 is 4.79 Å². The lowest BCUT2D eigenvalue weighted by Crippen LogP contribution is -2.32. The van der Waals surface area contributed by atoms with Gasteiger partial charge in [0.15, 0.2) is 0 Å². The molecule has 3 aromatic rings. The number of hydrogen-bond donors (Lipinski definition) is 1. The van der Waals surface area contributed by atoms with Crippen LogP contribution in [0.1, 0.15) is 42.3 Å². The largest absolute Gasteiger partial charge is 0.324 e. The number of nitrogens with zero attached hydrogens (tertiary/aromatic N) is 2. The lowest BCUT2D eigenvalue weighted by atomic mass is 9.89. The molecule has 7 heteroatoms. The molecule has 1 N–H and O–H groups in total. The summed E-state index contributed by atoms with van der Waals surface area (Å²) in [6.07, 6.45) is 4.47. The summed E-state index contributed by atoms with van der Waals surface area (Å²) in [4.78, 5) is 32.5. The number of carbonyl (C=O) groups excluding carboxylic acids is 1. The number of aromatic nitrogens is 2. The molecule has 146 valence electrons. The fraction of sp³-hybridized carbons (Fsp3) is 0.381. The van der Waals surface area contributed by atoms with Crippen LogP contribution in [0.4, 0.5) is 5.69 Å². The van der Waals surface area contributed by atoms with E-state index in [1.54, 1.807) is 36.5 Å². The number of fused-ring (bicyclic) bond motifs is 3. The first-order valence-corrected chi connectivity index (χ1v) is 10.6. The van der Waals surface area contributed by atoms with Crippen LogP contribution in [0.2, 0.25) is 5.02 Å². The normalized spacial score (nSPS) is 17.4. The number of rotatable bonds is 3. The van der Waals surface area contributed by atoms with E-state index in [9.17, 15) is 9.59 Å².